The predicted molar refractivity (Wildman–Crippen MR) is 66.4 cm³/mol. The minimum Gasteiger partial charge on any atom is -0.457 e. The van der Waals surface area contributed by atoms with E-state index in [2.05, 4.69) is 0 Å². The van der Waals surface area contributed by atoms with E-state index in [0.717, 1.165) is 5.56 Å². The third-order valence-electron chi connectivity index (χ3n) is 2.39. The molecule has 0 fully saturated rings. The van der Waals surface area contributed by atoms with Gasteiger partial charge in [0, 0.05) is 5.69 Å². The molecule has 0 bridgehead atoms. The lowest BCUT2D eigenvalue weighted by atomic mass is 10.2. The Morgan fingerprint density at radius 2 is 1.65 bits per heavy atom. The van der Waals surface area contributed by atoms with Crippen LogP contribution in [0.5, 0.6) is 0 Å². The summed E-state index contributed by atoms with van der Waals surface area (Å²) < 4.78 is 5.18. The van der Waals surface area contributed by atoms with Gasteiger partial charge < -0.3 is 10.5 Å². The second-order valence-electron chi connectivity index (χ2n) is 3.65. The standard InChI is InChI=1S/C14H13NO2/c15-13-9-5-4-8-12(13)14(16)17-10-11-6-2-1-3-7-11/h1-9H,10,15H2. The van der Waals surface area contributed by atoms with Crippen LogP contribution in [0.1, 0.15) is 15.9 Å². The highest BCUT2D eigenvalue weighted by Gasteiger charge is 2.09. The molecule has 0 saturated carbocycles. The van der Waals surface area contributed by atoms with Crippen LogP contribution in [0, 0.1) is 0 Å². The number of hydrogen-bond donors (Lipinski definition) is 1. The molecule has 0 unspecified atom stereocenters. The Labute approximate surface area is 99.8 Å². The summed E-state index contributed by atoms with van der Waals surface area (Å²) in [5.74, 6) is -0.396. The van der Waals surface area contributed by atoms with E-state index in [1.54, 1.807) is 24.3 Å². The number of ether oxygens (including phenoxy) is 1. The molecule has 86 valence electrons. The highest BCUT2D eigenvalue weighted by atomic mass is 16.5. The average molecular weight is 227 g/mol. The number of carbonyl (C=O) groups excluding carboxylic acids is 1. The zero-order valence-electron chi connectivity index (χ0n) is 9.30. The van der Waals surface area contributed by atoms with Crippen molar-refractivity contribution in [2.45, 2.75) is 6.61 Å². The smallest absolute Gasteiger partial charge is 0.340 e. The zero-order valence-corrected chi connectivity index (χ0v) is 9.30. The largest absolute Gasteiger partial charge is 0.457 e. The average Bonchev–Trinajstić information content (AvgIpc) is 2.38. The van der Waals surface area contributed by atoms with E-state index in [4.69, 9.17) is 10.5 Å². The lowest BCUT2D eigenvalue weighted by molar-refractivity contribution is 0.0474. The molecule has 0 radical (unpaired) electrons. The third kappa shape index (κ3) is 2.84. The van der Waals surface area contributed by atoms with Gasteiger partial charge in [-0.1, -0.05) is 42.5 Å². The lowest BCUT2D eigenvalue weighted by Gasteiger charge is -2.06. The van der Waals surface area contributed by atoms with E-state index in [0.29, 0.717) is 11.3 Å². The Balaban J connectivity index is 2.01. The molecule has 0 saturated heterocycles. The quantitative estimate of drug-likeness (QED) is 0.647. The van der Waals surface area contributed by atoms with Crippen molar-refractivity contribution in [3.05, 3.63) is 65.7 Å². The highest BCUT2D eigenvalue weighted by Crippen LogP contribution is 2.13. The first-order valence-corrected chi connectivity index (χ1v) is 5.33. The van der Waals surface area contributed by atoms with E-state index >= 15 is 0 Å². The maximum absolute atomic E-state index is 11.7. The van der Waals surface area contributed by atoms with Gasteiger partial charge in [0.15, 0.2) is 0 Å². The summed E-state index contributed by atoms with van der Waals surface area (Å²) in [6, 6.07) is 16.4. The van der Waals surface area contributed by atoms with Crippen molar-refractivity contribution in [2.75, 3.05) is 5.73 Å². The molecule has 2 N–H and O–H groups in total. The molecule has 17 heavy (non-hydrogen) atoms. The maximum atomic E-state index is 11.7. The first kappa shape index (κ1) is 11.2. The number of benzene rings is 2. The van der Waals surface area contributed by atoms with Crippen LogP contribution in [-0.4, -0.2) is 5.97 Å². The Bertz CT molecular complexity index is 509. The highest BCUT2D eigenvalue weighted by molar-refractivity contribution is 5.94. The molecule has 0 aliphatic rings. The van der Waals surface area contributed by atoms with Gasteiger partial charge in [-0.25, -0.2) is 4.79 Å². The number of carbonyl (C=O) groups is 1. The minimum absolute atomic E-state index is 0.258. The summed E-state index contributed by atoms with van der Waals surface area (Å²) in [4.78, 5) is 11.7. The second-order valence-corrected chi connectivity index (χ2v) is 3.65. The molecule has 3 heteroatoms. The number of anilines is 1. The first-order chi connectivity index (χ1) is 8.27. The van der Waals surface area contributed by atoms with Gasteiger partial charge >= 0.3 is 5.97 Å². The van der Waals surface area contributed by atoms with Crippen LogP contribution in [0.25, 0.3) is 0 Å². The molecule has 0 aromatic heterocycles. The molecule has 2 aromatic carbocycles. The van der Waals surface area contributed by atoms with Crippen LogP contribution >= 0.6 is 0 Å². The molecule has 0 amide bonds. The molecular weight excluding hydrogens is 214 g/mol. The summed E-state index contributed by atoms with van der Waals surface area (Å²) in [5.41, 5.74) is 7.49. The molecule has 3 nitrogen and oxygen atoms in total. The Kier molecular flexibility index (Phi) is 3.40. The molecule has 0 heterocycles. The normalized spacial score (nSPS) is 9.88. The molecule has 2 aromatic rings. The van der Waals surface area contributed by atoms with Gasteiger partial charge in [-0.15, -0.1) is 0 Å². The van der Waals surface area contributed by atoms with Crippen LogP contribution in [0.2, 0.25) is 0 Å². The van der Waals surface area contributed by atoms with Gasteiger partial charge in [-0.05, 0) is 17.7 Å². The Hall–Kier alpha value is -2.29. The van der Waals surface area contributed by atoms with E-state index in [1.165, 1.54) is 0 Å². The number of para-hydroxylation sites is 1. The van der Waals surface area contributed by atoms with Crippen molar-refractivity contribution in [3.63, 3.8) is 0 Å². The molecule has 0 atom stereocenters. The monoisotopic (exact) mass is 227 g/mol. The van der Waals surface area contributed by atoms with Crippen LogP contribution < -0.4 is 5.73 Å². The van der Waals surface area contributed by atoms with E-state index < -0.39 is 5.97 Å². The molecule has 2 rings (SSSR count). The predicted octanol–water partition coefficient (Wildman–Crippen LogP) is 2.63. The van der Waals surface area contributed by atoms with E-state index in [-0.39, 0.29) is 6.61 Å². The fourth-order valence-corrected chi connectivity index (χ4v) is 1.48. The van der Waals surface area contributed by atoms with Crippen molar-refractivity contribution in [3.8, 4) is 0 Å². The SMILES string of the molecule is Nc1ccccc1C(=O)OCc1ccccc1. The molecule has 0 aliphatic carbocycles. The van der Waals surface area contributed by atoms with Crippen molar-refractivity contribution >= 4 is 11.7 Å². The molecule has 0 aliphatic heterocycles. The summed E-state index contributed by atoms with van der Waals surface area (Å²) in [6.07, 6.45) is 0. The summed E-state index contributed by atoms with van der Waals surface area (Å²) >= 11 is 0. The first-order valence-electron chi connectivity index (χ1n) is 5.33. The third-order valence-corrected chi connectivity index (χ3v) is 2.39. The topological polar surface area (TPSA) is 52.3 Å². The number of esters is 1. The Morgan fingerprint density at radius 3 is 2.35 bits per heavy atom. The fraction of sp³-hybridized carbons (Fsp3) is 0.0714. The Morgan fingerprint density at radius 1 is 1.00 bits per heavy atom. The van der Waals surface area contributed by atoms with Crippen LogP contribution in [-0.2, 0) is 11.3 Å². The number of nitrogens with two attached hydrogens (primary N) is 1. The van der Waals surface area contributed by atoms with Gasteiger partial charge in [-0.2, -0.15) is 0 Å². The lowest BCUT2D eigenvalue weighted by Crippen LogP contribution is -2.07. The van der Waals surface area contributed by atoms with Crippen LogP contribution in [0.3, 0.4) is 0 Å². The van der Waals surface area contributed by atoms with Crippen molar-refractivity contribution in [1.29, 1.82) is 0 Å². The van der Waals surface area contributed by atoms with Crippen molar-refractivity contribution in [1.82, 2.24) is 0 Å². The van der Waals surface area contributed by atoms with E-state index in [9.17, 15) is 4.79 Å². The van der Waals surface area contributed by atoms with Gasteiger partial charge in [0.25, 0.3) is 0 Å². The van der Waals surface area contributed by atoms with Crippen LogP contribution in [0.4, 0.5) is 5.69 Å². The summed E-state index contributed by atoms with van der Waals surface area (Å²) in [7, 11) is 0. The van der Waals surface area contributed by atoms with Gasteiger partial charge in [0.05, 0.1) is 5.56 Å². The number of hydrogen-bond acceptors (Lipinski definition) is 3. The maximum Gasteiger partial charge on any atom is 0.340 e. The van der Waals surface area contributed by atoms with Gasteiger partial charge in [0.2, 0.25) is 0 Å². The summed E-state index contributed by atoms with van der Waals surface area (Å²) in [5, 5.41) is 0. The molecule has 0 spiro atoms. The minimum atomic E-state index is -0.396. The zero-order chi connectivity index (χ0) is 12.1. The number of nitrogen functional groups attached to an aromatic ring is 1. The van der Waals surface area contributed by atoms with Crippen molar-refractivity contribution in [2.24, 2.45) is 0 Å². The van der Waals surface area contributed by atoms with Gasteiger partial charge in [-0.3, -0.25) is 0 Å². The fourth-order valence-electron chi connectivity index (χ4n) is 1.48. The summed E-state index contributed by atoms with van der Waals surface area (Å²) in [6.45, 7) is 0.258. The number of rotatable bonds is 3. The van der Waals surface area contributed by atoms with Crippen LogP contribution in [0.15, 0.2) is 54.6 Å². The van der Waals surface area contributed by atoms with Gasteiger partial charge in [0.1, 0.15) is 6.61 Å². The van der Waals surface area contributed by atoms with E-state index in [1.807, 2.05) is 30.3 Å². The van der Waals surface area contributed by atoms with Crippen molar-refractivity contribution < 1.29 is 9.53 Å². The molecular formula is C14H13NO2. The second kappa shape index (κ2) is 5.16.